The number of amides is 1. The Morgan fingerprint density at radius 2 is 2.23 bits per heavy atom. The van der Waals surface area contributed by atoms with Crippen molar-refractivity contribution in [3.05, 3.63) is 30.7 Å². The number of aliphatic hydroxyl groups excluding tert-OH is 1. The Balaban J connectivity index is 1.60. The van der Waals surface area contributed by atoms with Gasteiger partial charge in [0.15, 0.2) is 0 Å². The zero-order valence-electron chi connectivity index (χ0n) is 15.0. The second-order valence-corrected chi connectivity index (χ2v) is 7.43. The number of hydrogen-bond donors (Lipinski definition) is 3. The minimum atomic E-state index is -0.486. The number of aromatic amines is 1. The van der Waals surface area contributed by atoms with Gasteiger partial charge in [0.2, 0.25) is 5.91 Å². The van der Waals surface area contributed by atoms with Crippen LogP contribution in [0.3, 0.4) is 0 Å². The Morgan fingerprint density at radius 1 is 1.42 bits per heavy atom. The van der Waals surface area contributed by atoms with Gasteiger partial charge in [0.05, 0.1) is 11.5 Å². The van der Waals surface area contributed by atoms with Crippen molar-refractivity contribution in [2.75, 3.05) is 11.9 Å². The van der Waals surface area contributed by atoms with Crippen LogP contribution in [0.25, 0.3) is 11.0 Å². The highest BCUT2D eigenvalue weighted by atomic mass is 16.3. The van der Waals surface area contributed by atoms with E-state index in [0.717, 1.165) is 48.1 Å². The lowest BCUT2D eigenvalue weighted by atomic mass is 9.98. The maximum atomic E-state index is 12.1. The van der Waals surface area contributed by atoms with Gasteiger partial charge in [-0.3, -0.25) is 4.79 Å². The lowest BCUT2D eigenvalue weighted by Crippen LogP contribution is -2.49. The highest BCUT2D eigenvalue weighted by molar-refractivity contribution is 5.91. The van der Waals surface area contributed by atoms with Gasteiger partial charge < -0.3 is 20.3 Å². The summed E-state index contributed by atoms with van der Waals surface area (Å²) >= 11 is 0. The largest absolute Gasteiger partial charge is 0.388 e. The van der Waals surface area contributed by atoms with Gasteiger partial charge in [0.25, 0.3) is 0 Å². The van der Waals surface area contributed by atoms with Gasteiger partial charge in [0.1, 0.15) is 17.8 Å². The second-order valence-electron chi connectivity index (χ2n) is 7.43. The van der Waals surface area contributed by atoms with E-state index in [4.69, 9.17) is 0 Å². The SMILES string of the molecule is C=CC(=O)N1C[C@H](Nc2ncnc3[nH]cc([C@@H](O)C4CC4)c23)CC[C@@H]1C. The van der Waals surface area contributed by atoms with Crippen molar-refractivity contribution in [3.8, 4) is 0 Å². The number of likely N-dealkylation sites (tertiary alicyclic amines) is 1. The fourth-order valence-corrected chi connectivity index (χ4v) is 3.84. The van der Waals surface area contributed by atoms with Crippen LogP contribution in [0, 0.1) is 5.92 Å². The molecule has 2 fully saturated rings. The molecule has 2 aromatic heterocycles. The summed E-state index contributed by atoms with van der Waals surface area (Å²) in [6, 6.07) is 0.317. The van der Waals surface area contributed by atoms with E-state index >= 15 is 0 Å². The number of rotatable bonds is 5. The van der Waals surface area contributed by atoms with Gasteiger partial charge >= 0.3 is 0 Å². The van der Waals surface area contributed by atoms with E-state index in [1.807, 2.05) is 11.1 Å². The standard InChI is InChI=1S/C19H25N5O2/c1-3-15(25)24-9-13(7-4-11(24)2)23-19-16-14(17(26)12-5-6-12)8-20-18(16)21-10-22-19/h3,8,10-13,17,26H,1,4-7,9H2,2H3,(H2,20,21,22,23)/t11-,13+,17-/m0/s1. The predicted octanol–water partition coefficient (Wildman–Crippen LogP) is 2.38. The minimum Gasteiger partial charge on any atom is -0.388 e. The van der Waals surface area contributed by atoms with E-state index in [2.05, 4.69) is 33.8 Å². The fourth-order valence-electron chi connectivity index (χ4n) is 3.84. The number of hydrogen-bond acceptors (Lipinski definition) is 5. The van der Waals surface area contributed by atoms with Crippen LogP contribution < -0.4 is 5.32 Å². The highest BCUT2D eigenvalue weighted by Gasteiger charge is 2.34. The van der Waals surface area contributed by atoms with Crippen LogP contribution in [0.5, 0.6) is 0 Å². The summed E-state index contributed by atoms with van der Waals surface area (Å²) in [5.41, 5.74) is 1.58. The van der Waals surface area contributed by atoms with Crippen LogP contribution in [0.15, 0.2) is 25.2 Å². The predicted molar refractivity (Wildman–Crippen MR) is 99.6 cm³/mol. The number of aromatic nitrogens is 3. The minimum absolute atomic E-state index is 0.0386. The molecule has 1 amide bonds. The molecular weight excluding hydrogens is 330 g/mol. The van der Waals surface area contributed by atoms with E-state index in [9.17, 15) is 9.90 Å². The Morgan fingerprint density at radius 3 is 2.96 bits per heavy atom. The molecule has 1 aliphatic carbocycles. The van der Waals surface area contributed by atoms with Crippen LogP contribution in [-0.2, 0) is 4.79 Å². The first-order valence-electron chi connectivity index (χ1n) is 9.28. The molecule has 26 heavy (non-hydrogen) atoms. The molecule has 2 aromatic rings. The fraction of sp³-hybridized carbons (Fsp3) is 0.526. The number of H-pyrrole nitrogens is 1. The van der Waals surface area contributed by atoms with Crippen LogP contribution in [0.4, 0.5) is 5.82 Å². The number of nitrogens with zero attached hydrogens (tertiary/aromatic N) is 3. The molecule has 0 unspecified atom stereocenters. The van der Waals surface area contributed by atoms with Crippen molar-refractivity contribution in [3.63, 3.8) is 0 Å². The summed E-state index contributed by atoms with van der Waals surface area (Å²) < 4.78 is 0. The van der Waals surface area contributed by atoms with Crippen molar-refractivity contribution in [2.45, 2.75) is 50.8 Å². The smallest absolute Gasteiger partial charge is 0.246 e. The number of aliphatic hydroxyl groups is 1. The molecule has 1 saturated heterocycles. The molecule has 7 nitrogen and oxygen atoms in total. The zero-order valence-corrected chi connectivity index (χ0v) is 15.0. The lowest BCUT2D eigenvalue weighted by Gasteiger charge is -2.38. The van der Waals surface area contributed by atoms with E-state index in [1.165, 1.54) is 12.4 Å². The van der Waals surface area contributed by atoms with Gasteiger partial charge in [-0.05, 0) is 44.6 Å². The Hall–Kier alpha value is -2.41. The maximum absolute atomic E-state index is 12.1. The molecule has 0 spiro atoms. The number of anilines is 1. The van der Waals surface area contributed by atoms with Crippen molar-refractivity contribution >= 4 is 22.8 Å². The Labute approximate surface area is 152 Å². The van der Waals surface area contributed by atoms with Crippen molar-refractivity contribution in [1.82, 2.24) is 19.9 Å². The van der Waals surface area contributed by atoms with Crippen molar-refractivity contribution in [2.24, 2.45) is 5.92 Å². The molecule has 0 radical (unpaired) electrons. The molecule has 0 bridgehead atoms. The molecule has 7 heteroatoms. The summed E-state index contributed by atoms with van der Waals surface area (Å²) in [7, 11) is 0. The van der Waals surface area contributed by atoms with E-state index in [0.29, 0.717) is 12.5 Å². The Bertz CT molecular complexity index is 828. The summed E-state index contributed by atoms with van der Waals surface area (Å²) in [5.74, 6) is 1.01. The van der Waals surface area contributed by atoms with Crippen molar-refractivity contribution in [1.29, 1.82) is 0 Å². The third kappa shape index (κ3) is 3.07. The number of nitrogens with one attached hydrogen (secondary N) is 2. The van der Waals surface area contributed by atoms with E-state index in [-0.39, 0.29) is 18.0 Å². The van der Waals surface area contributed by atoms with Crippen LogP contribution in [-0.4, -0.2) is 49.5 Å². The van der Waals surface area contributed by atoms with Gasteiger partial charge in [0, 0.05) is 30.4 Å². The summed E-state index contributed by atoms with van der Waals surface area (Å²) in [6.07, 6.45) is 8.25. The average Bonchev–Trinajstić information content (AvgIpc) is 3.41. The van der Waals surface area contributed by atoms with Gasteiger partial charge in [-0.1, -0.05) is 6.58 Å². The topological polar surface area (TPSA) is 94.1 Å². The third-order valence-electron chi connectivity index (χ3n) is 5.57. The molecule has 3 atom stereocenters. The van der Waals surface area contributed by atoms with E-state index in [1.54, 1.807) is 0 Å². The molecule has 0 aromatic carbocycles. The first-order valence-corrected chi connectivity index (χ1v) is 9.28. The number of fused-ring (bicyclic) bond motifs is 1. The molecule has 2 aliphatic rings. The van der Waals surface area contributed by atoms with Gasteiger partial charge in [-0.15, -0.1) is 0 Å². The molecular formula is C19H25N5O2. The van der Waals surface area contributed by atoms with E-state index < -0.39 is 6.10 Å². The molecule has 138 valence electrons. The Kier molecular flexibility index (Phi) is 4.40. The van der Waals surface area contributed by atoms with Crippen LogP contribution in [0.2, 0.25) is 0 Å². The zero-order chi connectivity index (χ0) is 18.3. The maximum Gasteiger partial charge on any atom is 0.246 e. The third-order valence-corrected chi connectivity index (χ3v) is 5.57. The quantitative estimate of drug-likeness (QED) is 0.716. The summed E-state index contributed by atoms with van der Waals surface area (Å²) in [6.45, 7) is 6.28. The number of piperidine rings is 1. The number of carbonyl (C=O) groups is 1. The van der Waals surface area contributed by atoms with Gasteiger partial charge in [-0.2, -0.15) is 0 Å². The van der Waals surface area contributed by atoms with Crippen LogP contribution >= 0.6 is 0 Å². The van der Waals surface area contributed by atoms with Gasteiger partial charge in [-0.25, -0.2) is 9.97 Å². The summed E-state index contributed by atoms with van der Waals surface area (Å²) in [4.78, 5) is 25.8. The van der Waals surface area contributed by atoms with Crippen molar-refractivity contribution < 1.29 is 9.90 Å². The molecule has 1 saturated carbocycles. The highest BCUT2D eigenvalue weighted by Crippen LogP contribution is 2.43. The summed E-state index contributed by atoms with van der Waals surface area (Å²) in [5, 5.41) is 14.9. The monoisotopic (exact) mass is 355 g/mol. The molecule has 4 rings (SSSR count). The van der Waals surface area contributed by atoms with Crippen LogP contribution in [0.1, 0.15) is 44.3 Å². The normalized spacial score (nSPS) is 24.5. The second kappa shape index (κ2) is 6.72. The molecule has 3 heterocycles. The number of carbonyl (C=O) groups excluding carboxylic acids is 1. The molecule has 1 aliphatic heterocycles. The first kappa shape index (κ1) is 17.0. The lowest BCUT2D eigenvalue weighted by molar-refractivity contribution is -0.129. The first-order chi connectivity index (χ1) is 12.6. The molecule has 3 N–H and O–H groups in total. The average molecular weight is 355 g/mol.